The number of aromatic nitrogens is 3. The number of hydrogen-bond donors (Lipinski definition) is 1. The highest BCUT2D eigenvalue weighted by molar-refractivity contribution is 5.47. The van der Waals surface area contributed by atoms with Crippen LogP contribution in [-0.4, -0.2) is 51.9 Å². The van der Waals surface area contributed by atoms with Crippen LogP contribution in [0.25, 0.3) is 5.82 Å². The van der Waals surface area contributed by atoms with Crippen LogP contribution in [0.15, 0.2) is 47.4 Å². The molecule has 1 aromatic carbocycles. The second-order valence-corrected chi connectivity index (χ2v) is 7.92. The van der Waals surface area contributed by atoms with Gasteiger partial charge in [0, 0.05) is 61.4 Å². The maximum absolute atomic E-state index is 13.6. The Hall–Kier alpha value is -3.00. The molecule has 1 unspecified atom stereocenters. The fourth-order valence-electron chi connectivity index (χ4n) is 4.57. The minimum atomic E-state index is -0.821. The van der Waals surface area contributed by atoms with Gasteiger partial charge < -0.3 is 4.90 Å². The number of piperazine rings is 1. The van der Waals surface area contributed by atoms with E-state index in [1.807, 2.05) is 18.2 Å². The van der Waals surface area contributed by atoms with Crippen molar-refractivity contribution in [1.29, 1.82) is 0 Å². The molecule has 0 spiro atoms. The maximum Gasteiger partial charge on any atom is 0.276 e. The molecule has 156 valence electrons. The summed E-state index contributed by atoms with van der Waals surface area (Å²) in [4.78, 5) is 21.7. The topological polar surface area (TPSA) is 57.2 Å². The van der Waals surface area contributed by atoms with E-state index in [9.17, 15) is 13.6 Å². The molecule has 30 heavy (non-hydrogen) atoms. The molecule has 1 aliphatic carbocycles. The average molecular weight is 411 g/mol. The number of nitrogens with one attached hydrogen (secondary N) is 1. The first-order chi connectivity index (χ1) is 14.6. The molecule has 0 bridgehead atoms. The molecule has 0 amide bonds. The molecule has 1 aliphatic heterocycles. The Balaban J connectivity index is 1.28. The SMILES string of the molecule is O=c1c2c([nH]n1-c1ccccn1)CCC(N1CCN(c3ccc(F)c(F)c3)CC1)C2. The number of aromatic amines is 1. The smallest absolute Gasteiger partial charge is 0.276 e. The number of nitrogens with zero attached hydrogens (tertiary/aromatic N) is 4. The predicted molar refractivity (Wildman–Crippen MR) is 110 cm³/mol. The third-order valence-electron chi connectivity index (χ3n) is 6.22. The van der Waals surface area contributed by atoms with Crippen LogP contribution >= 0.6 is 0 Å². The van der Waals surface area contributed by atoms with Gasteiger partial charge in [-0.15, -0.1) is 0 Å². The van der Waals surface area contributed by atoms with Gasteiger partial charge in [0.15, 0.2) is 17.5 Å². The van der Waals surface area contributed by atoms with E-state index in [1.165, 1.54) is 16.8 Å². The summed E-state index contributed by atoms with van der Waals surface area (Å²) in [5.41, 5.74) is 2.54. The zero-order valence-electron chi connectivity index (χ0n) is 16.5. The Morgan fingerprint density at radius 1 is 1.03 bits per heavy atom. The van der Waals surface area contributed by atoms with Gasteiger partial charge in [0.05, 0.1) is 0 Å². The second-order valence-electron chi connectivity index (χ2n) is 7.92. The fourth-order valence-corrected chi connectivity index (χ4v) is 4.57. The Bertz CT molecular complexity index is 1100. The second kappa shape index (κ2) is 7.68. The number of H-pyrrole nitrogens is 1. The van der Waals surface area contributed by atoms with Crippen LogP contribution < -0.4 is 10.5 Å². The van der Waals surface area contributed by atoms with Gasteiger partial charge in [-0.1, -0.05) is 6.07 Å². The number of halogens is 2. The molecule has 1 atom stereocenters. The quantitative estimate of drug-likeness (QED) is 0.720. The largest absolute Gasteiger partial charge is 0.369 e. The van der Waals surface area contributed by atoms with Crippen molar-refractivity contribution in [3.8, 4) is 5.82 Å². The molecule has 3 aromatic rings. The van der Waals surface area contributed by atoms with Gasteiger partial charge in [-0.3, -0.25) is 14.8 Å². The molecule has 6 nitrogen and oxygen atoms in total. The highest BCUT2D eigenvalue weighted by Crippen LogP contribution is 2.25. The van der Waals surface area contributed by atoms with Crippen molar-refractivity contribution >= 4 is 5.69 Å². The molecule has 2 aliphatic rings. The molecule has 1 saturated heterocycles. The van der Waals surface area contributed by atoms with E-state index in [1.54, 1.807) is 12.3 Å². The molecule has 3 heterocycles. The number of benzene rings is 1. The summed E-state index contributed by atoms with van der Waals surface area (Å²) < 4.78 is 28.3. The number of anilines is 1. The third kappa shape index (κ3) is 3.41. The van der Waals surface area contributed by atoms with Crippen molar-refractivity contribution in [3.05, 3.63) is 75.8 Å². The minimum absolute atomic E-state index is 0.0196. The van der Waals surface area contributed by atoms with Gasteiger partial charge in [-0.25, -0.2) is 18.4 Å². The van der Waals surface area contributed by atoms with Gasteiger partial charge in [-0.2, -0.15) is 0 Å². The lowest BCUT2D eigenvalue weighted by molar-refractivity contribution is 0.169. The van der Waals surface area contributed by atoms with Crippen molar-refractivity contribution in [2.75, 3.05) is 31.1 Å². The van der Waals surface area contributed by atoms with Crippen LogP contribution in [-0.2, 0) is 12.8 Å². The summed E-state index contributed by atoms with van der Waals surface area (Å²) in [6.07, 6.45) is 4.21. The average Bonchev–Trinajstić information content (AvgIpc) is 3.12. The molecular formula is C22H23F2N5O. The molecule has 1 fully saturated rings. The Morgan fingerprint density at radius 3 is 2.60 bits per heavy atom. The van der Waals surface area contributed by atoms with Crippen LogP contribution in [0.2, 0.25) is 0 Å². The monoisotopic (exact) mass is 411 g/mol. The first kappa shape index (κ1) is 19.0. The molecule has 0 saturated carbocycles. The first-order valence-corrected chi connectivity index (χ1v) is 10.3. The number of fused-ring (bicyclic) bond motifs is 1. The van der Waals surface area contributed by atoms with E-state index in [0.29, 0.717) is 17.5 Å². The molecule has 2 aromatic heterocycles. The standard InChI is InChI=1S/C22H23F2N5O/c23-18-6-4-16(14-19(18)24)28-11-9-27(10-12-28)15-5-7-20-17(13-15)22(30)29(26-20)21-3-1-2-8-25-21/h1-4,6,8,14-15,26H,5,7,9-13H2. The van der Waals surface area contributed by atoms with Crippen molar-refractivity contribution in [1.82, 2.24) is 19.7 Å². The Kier molecular flexibility index (Phi) is 4.86. The van der Waals surface area contributed by atoms with Gasteiger partial charge in [0.2, 0.25) is 0 Å². The fraction of sp³-hybridized carbons (Fsp3) is 0.364. The third-order valence-corrected chi connectivity index (χ3v) is 6.22. The Labute approximate surface area is 172 Å². The number of pyridine rings is 1. The maximum atomic E-state index is 13.6. The van der Waals surface area contributed by atoms with Crippen molar-refractivity contribution < 1.29 is 8.78 Å². The van der Waals surface area contributed by atoms with Crippen molar-refractivity contribution in [3.63, 3.8) is 0 Å². The lowest BCUT2D eigenvalue weighted by atomic mass is 9.92. The Morgan fingerprint density at radius 2 is 1.87 bits per heavy atom. The van der Waals surface area contributed by atoms with E-state index in [4.69, 9.17) is 0 Å². The summed E-state index contributed by atoms with van der Waals surface area (Å²) in [7, 11) is 0. The number of aryl methyl sites for hydroxylation is 1. The summed E-state index contributed by atoms with van der Waals surface area (Å²) >= 11 is 0. The molecule has 0 radical (unpaired) electrons. The summed E-state index contributed by atoms with van der Waals surface area (Å²) in [6, 6.07) is 9.89. The van der Waals surface area contributed by atoms with Crippen molar-refractivity contribution in [2.24, 2.45) is 0 Å². The van der Waals surface area contributed by atoms with Crippen LogP contribution in [0.5, 0.6) is 0 Å². The lowest BCUT2D eigenvalue weighted by Crippen LogP contribution is -2.52. The molecule has 1 N–H and O–H groups in total. The van der Waals surface area contributed by atoms with Gasteiger partial charge in [0.25, 0.3) is 5.56 Å². The zero-order chi connectivity index (χ0) is 20.7. The van der Waals surface area contributed by atoms with E-state index in [0.717, 1.165) is 56.7 Å². The highest BCUT2D eigenvalue weighted by Gasteiger charge is 2.30. The summed E-state index contributed by atoms with van der Waals surface area (Å²) in [5, 5.41) is 3.23. The van der Waals surface area contributed by atoms with Crippen LogP contribution in [0.1, 0.15) is 17.7 Å². The number of rotatable bonds is 3. The van der Waals surface area contributed by atoms with Gasteiger partial charge in [0.1, 0.15) is 0 Å². The molecule has 5 rings (SSSR count). The van der Waals surface area contributed by atoms with Crippen LogP contribution in [0.3, 0.4) is 0 Å². The van der Waals surface area contributed by atoms with Crippen LogP contribution in [0.4, 0.5) is 14.5 Å². The lowest BCUT2D eigenvalue weighted by Gasteiger charge is -2.41. The minimum Gasteiger partial charge on any atom is -0.369 e. The van der Waals surface area contributed by atoms with E-state index < -0.39 is 11.6 Å². The van der Waals surface area contributed by atoms with Crippen LogP contribution in [0, 0.1) is 11.6 Å². The molecular weight excluding hydrogens is 388 g/mol. The molecule has 8 heteroatoms. The summed E-state index contributed by atoms with van der Waals surface area (Å²) in [5.74, 6) is -1.03. The van der Waals surface area contributed by atoms with E-state index in [-0.39, 0.29) is 5.56 Å². The van der Waals surface area contributed by atoms with E-state index >= 15 is 0 Å². The predicted octanol–water partition coefficient (Wildman–Crippen LogP) is 2.52. The van der Waals surface area contributed by atoms with Crippen molar-refractivity contribution in [2.45, 2.75) is 25.3 Å². The van der Waals surface area contributed by atoms with E-state index in [2.05, 4.69) is 19.9 Å². The number of hydrogen-bond acceptors (Lipinski definition) is 4. The van der Waals surface area contributed by atoms with Gasteiger partial charge in [-0.05, 0) is 43.5 Å². The summed E-state index contributed by atoms with van der Waals surface area (Å²) in [6.45, 7) is 3.16. The normalized spacial score (nSPS) is 19.7. The zero-order valence-corrected chi connectivity index (χ0v) is 16.5. The highest BCUT2D eigenvalue weighted by atomic mass is 19.2. The van der Waals surface area contributed by atoms with Gasteiger partial charge >= 0.3 is 0 Å². The first-order valence-electron chi connectivity index (χ1n) is 10.3.